The third-order valence-corrected chi connectivity index (χ3v) is 3.84. The summed E-state index contributed by atoms with van der Waals surface area (Å²) < 4.78 is 13.7. The van der Waals surface area contributed by atoms with E-state index in [1.165, 1.54) is 6.07 Å². The second-order valence-corrected chi connectivity index (χ2v) is 5.92. The lowest BCUT2D eigenvalue weighted by molar-refractivity contribution is 0.100. The first-order chi connectivity index (χ1) is 12.5. The van der Waals surface area contributed by atoms with Crippen molar-refractivity contribution in [1.29, 1.82) is 0 Å². The van der Waals surface area contributed by atoms with Crippen LogP contribution in [0.4, 0.5) is 10.3 Å². The summed E-state index contributed by atoms with van der Waals surface area (Å²) in [6.45, 7) is 1.90. The third kappa shape index (κ3) is 4.18. The highest BCUT2D eigenvalue weighted by Crippen LogP contribution is 2.19. The van der Waals surface area contributed by atoms with Gasteiger partial charge in [-0.1, -0.05) is 12.1 Å². The minimum Gasteiger partial charge on any atom is -0.366 e. The summed E-state index contributed by atoms with van der Waals surface area (Å²) in [5.41, 5.74) is 7.69. The van der Waals surface area contributed by atoms with E-state index in [2.05, 4.69) is 20.3 Å². The van der Waals surface area contributed by atoms with E-state index < -0.39 is 5.91 Å². The van der Waals surface area contributed by atoms with Crippen LogP contribution in [0.25, 0.3) is 11.1 Å². The summed E-state index contributed by atoms with van der Waals surface area (Å²) in [5, 5.41) is 3.12. The van der Waals surface area contributed by atoms with Crippen molar-refractivity contribution in [2.24, 2.45) is 5.73 Å². The highest BCUT2D eigenvalue weighted by Gasteiger charge is 2.10. The number of nitrogens with one attached hydrogen (secondary N) is 1. The Morgan fingerprint density at radius 2 is 1.92 bits per heavy atom. The number of halogens is 1. The van der Waals surface area contributed by atoms with Crippen molar-refractivity contribution in [3.63, 3.8) is 0 Å². The molecule has 6 nitrogen and oxygen atoms in total. The predicted octanol–water partition coefficient (Wildman–Crippen LogP) is 2.82. The van der Waals surface area contributed by atoms with Gasteiger partial charge in [-0.15, -0.1) is 0 Å². The zero-order valence-electron chi connectivity index (χ0n) is 14.2. The first-order valence-electron chi connectivity index (χ1n) is 8.11. The second-order valence-electron chi connectivity index (χ2n) is 5.92. The van der Waals surface area contributed by atoms with Crippen molar-refractivity contribution in [3.8, 4) is 11.1 Å². The van der Waals surface area contributed by atoms with Gasteiger partial charge in [0.05, 0.1) is 5.69 Å². The Bertz CT molecular complexity index is 914. The van der Waals surface area contributed by atoms with E-state index >= 15 is 0 Å². The highest BCUT2D eigenvalue weighted by molar-refractivity contribution is 5.94. The number of primary amides is 1. The number of carbonyl (C=O) groups excluding carboxylic acids is 1. The molecule has 1 amide bonds. The van der Waals surface area contributed by atoms with Gasteiger partial charge >= 0.3 is 0 Å². The van der Waals surface area contributed by atoms with E-state index in [9.17, 15) is 9.18 Å². The quantitative estimate of drug-likeness (QED) is 0.712. The number of benzene rings is 1. The number of aromatic nitrogens is 3. The molecule has 0 saturated heterocycles. The number of amides is 1. The van der Waals surface area contributed by atoms with E-state index in [-0.39, 0.29) is 11.9 Å². The Morgan fingerprint density at radius 1 is 1.15 bits per heavy atom. The first kappa shape index (κ1) is 17.5. The molecule has 1 aromatic carbocycles. The molecule has 7 heteroatoms. The molecule has 2 heterocycles. The Hall–Kier alpha value is -3.35. The van der Waals surface area contributed by atoms with E-state index in [0.29, 0.717) is 23.6 Å². The van der Waals surface area contributed by atoms with Crippen LogP contribution in [0.5, 0.6) is 0 Å². The average molecular weight is 351 g/mol. The second kappa shape index (κ2) is 7.69. The molecular weight excluding hydrogens is 333 g/mol. The van der Waals surface area contributed by atoms with Crippen LogP contribution in [0.3, 0.4) is 0 Å². The molecule has 132 valence electrons. The SMILES string of the molecule is CC(Cc1ncccc1F)Nc1ncc(-c2cccc(C(N)=O)c2)cn1. The molecule has 2 aromatic heterocycles. The molecule has 0 spiro atoms. The smallest absolute Gasteiger partial charge is 0.248 e. The summed E-state index contributed by atoms with van der Waals surface area (Å²) in [6, 6.07) is 9.81. The van der Waals surface area contributed by atoms with Crippen LogP contribution in [0.2, 0.25) is 0 Å². The van der Waals surface area contributed by atoms with Crippen LogP contribution in [0, 0.1) is 5.82 Å². The van der Waals surface area contributed by atoms with Gasteiger partial charge in [-0.05, 0) is 36.8 Å². The van der Waals surface area contributed by atoms with Crippen molar-refractivity contribution < 1.29 is 9.18 Å². The van der Waals surface area contributed by atoms with Gasteiger partial charge in [0.2, 0.25) is 11.9 Å². The van der Waals surface area contributed by atoms with E-state index in [1.807, 2.05) is 13.0 Å². The predicted molar refractivity (Wildman–Crippen MR) is 97.0 cm³/mol. The Balaban J connectivity index is 1.69. The van der Waals surface area contributed by atoms with Crippen LogP contribution in [0.15, 0.2) is 55.0 Å². The first-order valence-corrected chi connectivity index (χ1v) is 8.11. The van der Waals surface area contributed by atoms with Crippen molar-refractivity contribution in [1.82, 2.24) is 15.0 Å². The van der Waals surface area contributed by atoms with Gasteiger partial charge in [0.15, 0.2) is 0 Å². The fraction of sp³-hybridized carbons (Fsp3) is 0.158. The summed E-state index contributed by atoms with van der Waals surface area (Å²) in [6.07, 6.45) is 5.29. The number of hydrogen-bond acceptors (Lipinski definition) is 5. The number of carbonyl (C=O) groups is 1. The topological polar surface area (TPSA) is 93.8 Å². The van der Waals surface area contributed by atoms with Crippen LogP contribution < -0.4 is 11.1 Å². The number of nitrogens with zero attached hydrogens (tertiary/aromatic N) is 3. The lowest BCUT2D eigenvalue weighted by Gasteiger charge is -2.14. The molecule has 0 radical (unpaired) electrons. The van der Waals surface area contributed by atoms with Gasteiger partial charge in [0.1, 0.15) is 5.82 Å². The molecule has 0 aliphatic heterocycles. The molecule has 3 aromatic rings. The highest BCUT2D eigenvalue weighted by atomic mass is 19.1. The van der Waals surface area contributed by atoms with Crippen molar-refractivity contribution in [2.75, 3.05) is 5.32 Å². The molecule has 1 atom stereocenters. The molecular formula is C19H18FN5O. The molecule has 0 aliphatic rings. The monoisotopic (exact) mass is 351 g/mol. The molecule has 26 heavy (non-hydrogen) atoms. The molecule has 0 aliphatic carbocycles. The van der Waals surface area contributed by atoms with Gasteiger partial charge in [-0.25, -0.2) is 14.4 Å². The van der Waals surface area contributed by atoms with Crippen LogP contribution in [0.1, 0.15) is 23.0 Å². The molecule has 3 rings (SSSR count). The molecule has 0 fully saturated rings. The standard InChI is InChI=1S/C19H18FN5O/c1-12(8-17-16(20)6-3-7-22-17)25-19-23-10-15(11-24-19)13-4-2-5-14(9-13)18(21)26/h2-7,9-12H,8H2,1H3,(H2,21,26)(H,23,24,25). The number of nitrogens with two attached hydrogens (primary N) is 1. The van der Waals surface area contributed by atoms with E-state index in [1.54, 1.807) is 42.9 Å². The fourth-order valence-corrected chi connectivity index (χ4v) is 2.53. The van der Waals surface area contributed by atoms with Crippen molar-refractivity contribution in [3.05, 3.63) is 72.1 Å². The zero-order chi connectivity index (χ0) is 18.5. The van der Waals surface area contributed by atoms with Crippen molar-refractivity contribution >= 4 is 11.9 Å². The molecule has 0 bridgehead atoms. The maximum Gasteiger partial charge on any atom is 0.248 e. The molecule has 0 saturated carbocycles. The number of anilines is 1. The van der Waals surface area contributed by atoms with Gasteiger partial charge in [-0.2, -0.15) is 0 Å². The maximum absolute atomic E-state index is 13.7. The minimum absolute atomic E-state index is 0.0940. The molecule has 3 N–H and O–H groups in total. The Kier molecular flexibility index (Phi) is 5.17. The number of hydrogen-bond donors (Lipinski definition) is 2. The number of rotatable bonds is 6. The lowest BCUT2D eigenvalue weighted by Crippen LogP contribution is -2.20. The van der Waals surface area contributed by atoms with Crippen LogP contribution in [-0.4, -0.2) is 26.9 Å². The van der Waals surface area contributed by atoms with E-state index in [4.69, 9.17) is 5.73 Å². The normalized spacial score (nSPS) is 11.8. The fourth-order valence-electron chi connectivity index (χ4n) is 2.53. The largest absolute Gasteiger partial charge is 0.366 e. The Labute approximate surface area is 150 Å². The summed E-state index contributed by atoms with van der Waals surface area (Å²) in [5.74, 6) is -0.378. The Morgan fingerprint density at radius 3 is 2.62 bits per heavy atom. The summed E-state index contributed by atoms with van der Waals surface area (Å²) in [4.78, 5) is 23.9. The lowest BCUT2D eigenvalue weighted by atomic mass is 10.1. The summed E-state index contributed by atoms with van der Waals surface area (Å²) >= 11 is 0. The maximum atomic E-state index is 13.7. The summed E-state index contributed by atoms with van der Waals surface area (Å²) in [7, 11) is 0. The molecule has 1 unspecified atom stereocenters. The van der Waals surface area contributed by atoms with Crippen LogP contribution >= 0.6 is 0 Å². The van der Waals surface area contributed by atoms with Gasteiger partial charge in [0.25, 0.3) is 0 Å². The van der Waals surface area contributed by atoms with Crippen LogP contribution in [-0.2, 0) is 6.42 Å². The van der Waals surface area contributed by atoms with Crippen molar-refractivity contribution in [2.45, 2.75) is 19.4 Å². The third-order valence-electron chi connectivity index (χ3n) is 3.84. The van der Waals surface area contributed by atoms with Gasteiger partial charge in [-0.3, -0.25) is 9.78 Å². The van der Waals surface area contributed by atoms with Gasteiger partial charge in [0, 0.05) is 42.2 Å². The van der Waals surface area contributed by atoms with Gasteiger partial charge < -0.3 is 11.1 Å². The number of pyridine rings is 1. The zero-order valence-corrected chi connectivity index (χ0v) is 14.2. The minimum atomic E-state index is -0.485. The van der Waals surface area contributed by atoms with E-state index in [0.717, 1.165) is 11.1 Å². The average Bonchev–Trinajstić information content (AvgIpc) is 2.64.